The van der Waals surface area contributed by atoms with E-state index in [1.807, 2.05) is 0 Å². The van der Waals surface area contributed by atoms with E-state index in [-0.39, 0.29) is 5.91 Å². The molecular weight excluding hydrogens is 204 g/mol. The summed E-state index contributed by atoms with van der Waals surface area (Å²) in [5.41, 5.74) is 6.79. The Bertz CT molecular complexity index is 406. The van der Waals surface area contributed by atoms with Gasteiger partial charge in [0.15, 0.2) is 5.69 Å². The lowest BCUT2D eigenvalue weighted by atomic mass is 10.0. The van der Waals surface area contributed by atoms with Crippen LogP contribution in [0.15, 0.2) is 6.20 Å². The van der Waals surface area contributed by atoms with Gasteiger partial charge in [-0.1, -0.05) is 6.92 Å². The maximum Gasteiger partial charge on any atom is 0.273 e. The number of carbonyl (C=O) groups is 1. The van der Waals surface area contributed by atoms with Crippen molar-refractivity contribution in [2.24, 2.45) is 12.5 Å². The zero-order valence-corrected chi connectivity index (χ0v) is 9.79. The van der Waals surface area contributed by atoms with Crippen molar-refractivity contribution in [3.63, 3.8) is 0 Å². The third kappa shape index (κ3) is 2.03. The van der Waals surface area contributed by atoms with Gasteiger partial charge >= 0.3 is 0 Å². The normalized spacial score (nSPS) is 17.1. The summed E-state index contributed by atoms with van der Waals surface area (Å²) in [5.74, 6) is -0.169. The second-order valence-electron chi connectivity index (χ2n) is 4.64. The smallest absolute Gasteiger partial charge is 0.273 e. The van der Waals surface area contributed by atoms with E-state index in [4.69, 9.17) is 5.73 Å². The molecule has 0 saturated heterocycles. The van der Waals surface area contributed by atoms with Crippen molar-refractivity contribution in [1.82, 2.24) is 15.1 Å². The predicted octanol–water partition coefficient (Wildman–Crippen LogP) is 0.922. The number of nitrogens with two attached hydrogens (primary N) is 1. The molecule has 1 heterocycles. The van der Waals surface area contributed by atoms with Gasteiger partial charge in [-0.15, -0.1) is 0 Å². The number of carbonyl (C=O) groups excluding carboxylic acids is 1. The number of rotatable bonds is 4. The molecule has 1 aliphatic rings. The van der Waals surface area contributed by atoms with E-state index in [0.717, 1.165) is 13.0 Å². The first-order valence-electron chi connectivity index (χ1n) is 5.64. The molecule has 3 N–H and O–H groups in total. The molecule has 0 atom stereocenters. The van der Waals surface area contributed by atoms with Crippen LogP contribution in [0.5, 0.6) is 0 Å². The van der Waals surface area contributed by atoms with Crippen molar-refractivity contribution in [2.75, 3.05) is 12.3 Å². The van der Waals surface area contributed by atoms with Crippen LogP contribution >= 0.6 is 0 Å². The Hall–Kier alpha value is -1.52. The summed E-state index contributed by atoms with van der Waals surface area (Å²) >= 11 is 0. The van der Waals surface area contributed by atoms with E-state index in [9.17, 15) is 4.79 Å². The fourth-order valence-electron chi connectivity index (χ4n) is 1.87. The highest BCUT2D eigenvalue weighted by Gasteiger charge is 2.40. The molecule has 5 nitrogen and oxygen atoms in total. The Labute approximate surface area is 95.0 Å². The molecule has 0 spiro atoms. The Morgan fingerprint density at radius 1 is 1.69 bits per heavy atom. The van der Waals surface area contributed by atoms with Crippen molar-refractivity contribution >= 4 is 11.6 Å². The third-order valence-electron chi connectivity index (χ3n) is 3.40. The number of nitrogens with zero attached hydrogens (tertiary/aromatic N) is 2. The monoisotopic (exact) mass is 222 g/mol. The summed E-state index contributed by atoms with van der Waals surface area (Å²) in [4.78, 5) is 11.8. The van der Waals surface area contributed by atoms with Crippen LogP contribution in [-0.4, -0.2) is 22.2 Å². The second kappa shape index (κ2) is 3.81. The maximum atomic E-state index is 11.8. The first-order chi connectivity index (χ1) is 7.56. The minimum atomic E-state index is -0.169. The zero-order valence-electron chi connectivity index (χ0n) is 9.79. The van der Waals surface area contributed by atoms with Crippen LogP contribution in [0, 0.1) is 5.41 Å². The van der Waals surface area contributed by atoms with Gasteiger partial charge in [0.2, 0.25) is 0 Å². The lowest BCUT2D eigenvalue weighted by Gasteiger charge is -2.12. The van der Waals surface area contributed by atoms with E-state index in [1.165, 1.54) is 12.8 Å². The summed E-state index contributed by atoms with van der Waals surface area (Å²) in [6, 6.07) is 0. The molecule has 1 aromatic rings. The third-order valence-corrected chi connectivity index (χ3v) is 3.40. The number of aromatic nitrogens is 2. The first-order valence-corrected chi connectivity index (χ1v) is 5.64. The minimum Gasteiger partial charge on any atom is -0.396 e. The number of aryl methyl sites for hydroxylation is 1. The van der Waals surface area contributed by atoms with Gasteiger partial charge in [-0.2, -0.15) is 5.10 Å². The molecule has 0 bridgehead atoms. The highest BCUT2D eigenvalue weighted by molar-refractivity contribution is 5.97. The van der Waals surface area contributed by atoms with Crippen molar-refractivity contribution in [2.45, 2.75) is 26.2 Å². The van der Waals surface area contributed by atoms with Crippen LogP contribution in [0.25, 0.3) is 0 Å². The van der Waals surface area contributed by atoms with Gasteiger partial charge in [0, 0.05) is 19.8 Å². The van der Waals surface area contributed by atoms with Gasteiger partial charge in [-0.05, 0) is 24.7 Å². The molecule has 1 aliphatic carbocycles. The van der Waals surface area contributed by atoms with Crippen LogP contribution in [0.1, 0.15) is 36.7 Å². The number of hydrogen-bond donors (Lipinski definition) is 2. The van der Waals surface area contributed by atoms with Crippen LogP contribution in [0.3, 0.4) is 0 Å². The SMILES string of the molecule is CCC1(CNC(=O)c2nn(C)cc2N)CC1. The van der Waals surface area contributed by atoms with Crippen LogP contribution < -0.4 is 11.1 Å². The number of nitrogen functional groups attached to an aromatic ring is 1. The topological polar surface area (TPSA) is 72.9 Å². The Morgan fingerprint density at radius 2 is 2.38 bits per heavy atom. The Balaban J connectivity index is 1.96. The highest BCUT2D eigenvalue weighted by atomic mass is 16.2. The van der Waals surface area contributed by atoms with Crippen LogP contribution in [0.2, 0.25) is 0 Å². The quantitative estimate of drug-likeness (QED) is 0.795. The summed E-state index contributed by atoms with van der Waals surface area (Å²) in [6.07, 6.45) is 5.18. The molecule has 0 aromatic carbocycles. The average molecular weight is 222 g/mol. The molecule has 2 rings (SSSR count). The Kier molecular flexibility index (Phi) is 2.61. The predicted molar refractivity (Wildman–Crippen MR) is 61.9 cm³/mol. The van der Waals surface area contributed by atoms with E-state index in [1.54, 1.807) is 17.9 Å². The molecule has 0 unspecified atom stereocenters. The largest absolute Gasteiger partial charge is 0.396 e. The maximum absolute atomic E-state index is 11.8. The van der Waals surface area contributed by atoms with Gasteiger partial charge in [-0.25, -0.2) is 0 Å². The zero-order chi connectivity index (χ0) is 11.8. The van der Waals surface area contributed by atoms with Gasteiger partial charge in [0.25, 0.3) is 5.91 Å². The molecule has 0 aliphatic heterocycles. The second-order valence-corrected chi connectivity index (χ2v) is 4.64. The molecule has 16 heavy (non-hydrogen) atoms. The molecule has 5 heteroatoms. The van der Waals surface area contributed by atoms with E-state index >= 15 is 0 Å². The Morgan fingerprint density at radius 3 is 2.81 bits per heavy atom. The highest BCUT2D eigenvalue weighted by Crippen LogP contribution is 2.47. The molecule has 1 aromatic heterocycles. The number of hydrogen-bond acceptors (Lipinski definition) is 3. The first kappa shape index (κ1) is 11.0. The van der Waals surface area contributed by atoms with Gasteiger partial charge in [-0.3, -0.25) is 9.48 Å². The standard InChI is InChI=1S/C11H18N4O/c1-3-11(4-5-11)7-13-10(16)9-8(12)6-15(2)14-9/h6H,3-5,7,12H2,1-2H3,(H,13,16). The van der Waals surface area contributed by atoms with Crippen molar-refractivity contribution < 1.29 is 4.79 Å². The summed E-state index contributed by atoms with van der Waals surface area (Å²) < 4.78 is 1.55. The summed E-state index contributed by atoms with van der Waals surface area (Å²) in [7, 11) is 1.75. The summed E-state index contributed by atoms with van der Waals surface area (Å²) in [6.45, 7) is 2.90. The molecular formula is C11H18N4O. The number of amides is 1. The van der Waals surface area contributed by atoms with E-state index in [2.05, 4.69) is 17.3 Å². The molecule has 88 valence electrons. The van der Waals surface area contributed by atoms with Crippen molar-refractivity contribution in [3.05, 3.63) is 11.9 Å². The molecule has 1 fully saturated rings. The van der Waals surface area contributed by atoms with E-state index in [0.29, 0.717) is 16.8 Å². The molecule has 1 saturated carbocycles. The van der Waals surface area contributed by atoms with Gasteiger partial charge < -0.3 is 11.1 Å². The lowest BCUT2D eigenvalue weighted by Crippen LogP contribution is -2.30. The van der Waals surface area contributed by atoms with Crippen molar-refractivity contribution in [1.29, 1.82) is 0 Å². The fourth-order valence-corrected chi connectivity index (χ4v) is 1.87. The van der Waals surface area contributed by atoms with Gasteiger partial charge in [0.1, 0.15) is 0 Å². The lowest BCUT2D eigenvalue weighted by molar-refractivity contribution is 0.0939. The molecule has 1 amide bonds. The minimum absolute atomic E-state index is 0.169. The number of nitrogens with one attached hydrogen (secondary N) is 1. The van der Waals surface area contributed by atoms with Crippen LogP contribution in [0.4, 0.5) is 5.69 Å². The van der Waals surface area contributed by atoms with Crippen molar-refractivity contribution in [3.8, 4) is 0 Å². The van der Waals surface area contributed by atoms with Crippen LogP contribution in [-0.2, 0) is 7.05 Å². The molecule has 0 radical (unpaired) electrons. The fraction of sp³-hybridized carbons (Fsp3) is 0.636. The van der Waals surface area contributed by atoms with Gasteiger partial charge in [0.05, 0.1) is 5.69 Å². The average Bonchev–Trinajstić information content (AvgIpc) is 2.96. The number of anilines is 1. The summed E-state index contributed by atoms with van der Waals surface area (Å²) in [5, 5.41) is 6.95. The van der Waals surface area contributed by atoms with E-state index < -0.39 is 0 Å².